The minimum Gasteiger partial charge on any atom is -0.205 e. The molecule has 2 aromatic carbocycles. The number of halogens is 3. The van der Waals surface area contributed by atoms with E-state index in [4.69, 9.17) is 11.6 Å². The maximum atomic E-state index is 13.7. The third kappa shape index (κ3) is 9.07. The summed E-state index contributed by atoms with van der Waals surface area (Å²) in [5.74, 6) is 2.29. The molecule has 2 aliphatic carbocycles. The molecule has 0 bridgehead atoms. The van der Waals surface area contributed by atoms with E-state index >= 15 is 0 Å². The molecule has 0 unspecified atom stereocenters. The number of benzene rings is 2. The standard InChI is InChI=1S/C35H49ClF2/c1-2-3-4-5-6-7-26-8-10-27(11-9-26)12-13-28-16-20-31(21-17-28)32-22-18-29(19-23-32)14-15-30-24-33(37)35(36)34(38)25-30/h18-19,22-28,31H,2-17,20-21H2,1H3/t26-,27-,28-,31-. The molecule has 210 valence electrons. The highest BCUT2D eigenvalue weighted by atomic mass is 35.5. The summed E-state index contributed by atoms with van der Waals surface area (Å²) in [6.45, 7) is 2.30. The Bertz CT molecular complexity index is 929. The molecular formula is C35H49ClF2. The fourth-order valence-corrected chi connectivity index (χ4v) is 7.21. The lowest BCUT2D eigenvalue weighted by atomic mass is 9.74. The zero-order valence-corrected chi connectivity index (χ0v) is 24.4. The van der Waals surface area contributed by atoms with E-state index in [-0.39, 0.29) is 0 Å². The van der Waals surface area contributed by atoms with Gasteiger partial charge in [-0.2, -0.15) is 0 Å². The van der Waals surface area contributed by atoms with Gasteiger partial charge in [0, 0.05) is 0 Å². The number of rotatable bonds is 13. The summed E-state index contributed by atoms with van der Waals surface area (Å²) < 4.78 is 27.4. The van der Waals surface area contributed by atoms with Crippen molar-refractivity contribution in [1.82, 2.24) is 0 Å². The highest BCUT2D eigenvalue weighted by Crippen LogP contribution is 2.40. The fraction of sp³-hybridized carbons (Fsp3) is 0.657. The molecule has 2 saturated carbocycles. The SMILES string of the molecule is CCCCCCC[C@H]1CC[C@H](CC[C@H]2CC[C@H](c3ccc(CCc4cc(F)c(Cl)c(F)c4)cc3)CC2)CC1. The van der Waals surface area contributed by atoms with Gasteiger partial charge >= 0.3 is 0 Å². The summed E-state index contributed by atoms with van der Waals surface area (Å²) in [6.07, 6.45) is 24.3. The van der Waals surface area contributed by atoms with Gasteiger partial charge in [0.05, 0.1) is 0 Å². The van der Waals surface area contributed by atoms with Gasteiger partial charge in [-0.1, -0.05) is 120 Å². The van der Waals surface area contributed by atoms with Crippen LogP contribution in [0.2, 0.25) is 5.02 Å². The summed E-state index contributed by atoms with van der Waals surface area (Å²) in [5.41, 5.74) is 3.32. The van der Waals surface area contributed by atoms with Crippen LogP contribution in [0.3, 0.4) is 0 Å². The molecule has 38 heavy (non-hydrogen) atoms. The van der Waals surface area contributed by atoms with Crippen LogP contribution in [0.15, 0.2) is 36.4 Å². The van der Waals surface area contributed by atoms with Crippen molar-refractivity contribution in [2.75, 3.05) is 0 Å². The molecule has 2 aliphatic rings. The van der Waals surface area contributed by atoms with Gasteiger partial charge in [0.15, 0.2) is 0 Å². The first-order chi connectivity index (χ1) is 18.5. The second kappa shape index (κ2) is 15.4. The quantitative estimate of drug-likeness (QED) is 0.174. The number of hydrogen-bond acceptors (Lipinski definition) is 0. The molecule has 0 aliphatic heterocycles. The van der Waals surface area contributed by atoms with Crippen LogP contribution in [0.1, 0.15) is 132 Å². The van der Waals surface area contributed by atoms with Crippen LogP contribution >= 0.6 is 11.6 Å². The van der Waals surface area contributed by atoms with Gasteiger partial charge in [-0.15, -0.1) is 0 Å². The maximum Gasteiger partial charge on any atom is 0.145 e. The summed E-state index contributed by atoms with van der Waals surface area (Å²) in [4.78, 5) is 0. The van der Waals surface area contributed by atoms with Crippen molar-refractivity contribution in [3.05, 3.63) is 69.7 Å². The van der Waals surface area contributed by atoms with E-state index in [9.17, 15) is 8.78 Å². The summed E-state index contributed by atoms with van der Waals surface area (Å²) in [5, 5.41) is -0.418. The first-order valence-electron chi connectivity index (χ1n) is 15.7. The van der Waals surface area contributed by atoms with E-state index in [2.05, 4.69) is 31.2 Å². The lowest BCUT2D eigenvalue weighted by Gasteiger charge is -2.32. The minimum absolute atomic E-state index is 0.418. The molecule has 0 saturated heterocycles. The molecular weight excluding hydrogens is 494 g/mol. The fourth-order valence-electron chi connectivity index (χ4n) is 7.10. The molecule has 4 rings (SSSR count). The minimum atomic E-state index is -0.677. The lowest BCUT2D eigenvalue weighted by Crippen LogP contribution is -2.18. The Morgan fingerprint density at radius 2 is 1.13 bits per heavy atom. The third-order valence-corrected chi connectivity index (χ3v) is 10.1. The number of aryl methyl sites for hydroxylation is 2. The van der Waals surface area contributed by atoms with Crippen molar-refractivity contribution >= 4 is 11.6 Å². The van der Waals surface area contributed by atoms with Crippen molar-refractivity contribution in [3.8, 4) is 0 Å². The first kappa shape index (κ1) is 29.6. The van der Waals surface area contributed by atoms with Crippen molar-refractivity contribution < 1.29 is 8.78 Å². The predicted octanol–water partition coefficient (Wildman–Crippen LogP) is 11.6. The molecule has 0 spiro atoms. The molecule has 2 aromatic rings. The Balaban J connectivity index is 1.11. The monoisotopic (exact) mass is 542 g/mol. The Labute approximate surface area is 236 Å². The molecule has 3 heteroatoms. The predicted molar refractivity (Wildman–Crippen MR) is 158 cm³/mol. The van der Waals surface area contributed by atoms with Crippen molar-refractivity contribution in [2.45, 2.75) is 128 Å². The Morgan fingerprint density at radius 3 is 1.71 bits per heavy atom. The van der Waals surface area contributed by atoms with E-state index in [1.807, 2.05) is 0 Å². The van der Waals surface area contributed by atoms with Crippen LogP contribution < -0.4 is 0 Å². The van der Waals surface area contributed by atoms with Crippen LogP contribution in [-0.2, 0) is 12.8 Å². The highest BCUT2D eigenvalue weighted by Gasteiger charge is 2.25. The average molecular weight is 543 g/mol. The smallest absolute Gasteiger partial charge is 0.145 e. The maximum absolute atomic E-state index is 13.7. The van der Waals surface area contributed by atoms with E-state index in [0.717, 1.165) is 24.2 Å². The lowest BCUT2D eigenvalue weighted by molar-refractivity contribution is 0.222. The van der Waals surface area contributed by atoms with Crippen LogP contribution in [0.25, 0.3) is 0 Å². The van der Waals surface area contributed by atoms with Gasteiger partial charge in [-0.3, -0.25) is 0 Å². The van der Waals surface area contributed by atoms with Gasteiger partial charge in [0.2, 0.25) is 0 Å². The van der Waals surface area contributed by atoms with Crippen molar-refractivity contribution in [1.29, 1.82) is 0 Å². The van der Waals surface area contributed by atoms with E-state index in [1.54, 1.807) is 0 Å². The molecule has 0 N–H and O–H groups in total. The van der Waals surface area contributed by atoms with Crippen LogP contribution in [0.4, 0.5) is 8.78 Å². The molecule has 0 radical (unpaired) electrons. The van der Waals surface area contributed by atoms with Gasteiger partial charge in [-0.25, -0.2) is 8.78 Å². The molecule has 0 amide bonds. The van der Waals surface area contributed by atoms with Crippen LogP contribution in [0, 0.1) is 29.4 Å². The largest absolute Gasteiger partial charge is 0.205 e. The normalized spacial score (nSPS) is 24.0. The summed E-state index contributed by atoms with van der Waals surface area (Å²) in [6, 6.07) is 11.7. The second-order valence-corrected chi connectivity index (χ2v) is 12.9. The van der Waals surface area contributed by atoms with E-state index in [0.29, 0.717) is 17.9 Å². The van der Waals surface area contributed by atoms with Gasteiger partial charge in [0.1, 0.15) is 16.7 Å². The third-order valence-electron chi connectivity index (χ3n) is 9.71. The first-order valence-corrected chi connectivity index (χ1v) is 16.1. The Kier molecular flexibility index (Phi) is 12.0. The molecule has 0 aromatic heterocycles. The Hall–Kier alpha value is -1.41. The molecule has 0 atom stereocenters. The number of unbranched alkanes of at least 4 members (excludes halogenated alkanes) is 4. The van der Waals surface area contributed by atoms with Crippen molar-refractivity contribution in [3.63, 3.8) is 0 Å². The van der Waals surface area contributed by atoms with E-state index < -0.39 is 16.7 Å². The van der Waals surface area contributed by atoms with Crippen molar-refractivity contribution in [2.24, 2.45) is 17.8 Å². The highest BCUT2D eigenvalue weighted by molar-refractivity contribution is 6.30. The van der Waals surface area contributed by atoms with Gasteiger partial charge < -0.3 is 0 Å². The van der Waals surface area contributed by atoms with Crippen LogP contribution in [-0.4, -0.2) is 0 Å². The zero-order chi connectivity index (χ0) is 26.7. The van der Waals surface area contributed by atoms with E-state index in [1.165, 1.54) is 126 Å². The summed E-state index contributed by atoms with van der Waals surface area (Å²) >= 11 is 5.60. The zero-order valence-electron chi connectivity index (χ0n) is 23.6. The average Bonchev–Trinajstić information content (AvgIpc) is 2.95. The Morgan fingerprint density at radius 1 is 0.632 bits per heavy atom. The van der Waals surface area contributed by atoms with Gasteiger partial charge in [0.25, 0.3) is 0 Å². The number of hydrogen-bond donors (Lipinski definition) is 0. The second-order valence-electron chi connectivity index (χ2n) is 12.5. The molecule has 0 nitrogen and oxygen atoms in total. The van der Waals surface area contributed by atoms with Gasteiger partial charge in [-0.05, 0) is 91.0 Å². The van der Waals surface area contributed by atoms with Crippen LogP contribution in [0.5, 0.6) is 0 Å². The summed E-state index contributed by atoms with van der Waals surface area (Å²) in [7, 11) is 0. The topological polar surface area (TPSA) is 0 Å². The molecule has 2 fully saturated rings. The molecule has 0 heterocycles.